The first-order valence-corrected chi connectivity index (χ1v) is 8.87. The van der Waals surface area contributed by atoms with Crippen LogP contribution < -0.4 is 5.32 Å². The van der Waals surface area contributed by atoms with Gasteiger partial charge in [0.1, 0.15) is 0 Å². The fraction of sp³-hybridized carbons (Fsp3) is 0.421. The Morgan fingerprint density at radius 2 is 2.19 bits per heavy atom. The van der Waals surface area contributed by atoms with Crippen LogP contribution in [0.15, 0.2) is 36.7 Å². The van der Waals surface area contributed by atoms with E-state index in [0.29, 0.717) is 29.9 Å². The number of hydrogen-bond donors (Lipinski definition) is 1. The van der Waals surface area contributed by atoms with Crippen LogP contribution in [0.1, 0.15) is 40.5 Å². The second-order valence-electron chi connectivity index (χ2n) is 6.44. The molecule has 1 saturated heterocycles. The fourth-order valence-electron chi connectivity index (χ4n) is 2.89. The topological polar surface area (TPSA) is 76.5 Å². The second-order valence-corrected chi connectivity index (χ2v) is 6.44. The number of carbonyl (C=O) groups is 2. The zero-order valence-corrected chi connectivity index (χ0v) is 15.1. The molecule has 1 aromatic heterocycles. The lowest BCUT2D eigenvalue weighted by atomic mass is 10.1. The summed E-state index contributed by atoms with van der Waals surface area (Å²) in [5, 5.41) is 7.09. The highest BCUT2D eigenvalue weighted by atomic mass is 16.5. The first-order chi connectivity index (χ1) is 12.6. The molecule has 1 N–H and O–H groups in total. The van der Waals surface area contributed by atoms with Gasteiger partial charge < -0.3 is 15.0 Å². The minimum absolute atomic E-state index is 0.105. The SMILES string of the molecule is CCN(C)C(=O)c1cccc(C(=O)Nc2cnn(CC3CCCO3)c2)c1. The fourth-order valence-corrected chi connectivity index (χ4v) is 2.89. The Hall–Kier alpha value is -2.67. The largest absolute Gasteiger partial charge is 0.376 e. The summed E-state index contributed by atoms with van der Waals surface area (Å²) in [5.41, 5.74) is 1.55. The molecule has 0 spiro atoms. The first-order valence-electron chi connectivity index (χ1n) is 8.87. The van der Waals surface area contributed by atoms with Gasteiger partial charge in [-0.05, 0) is 38.0 Å². The molecule has 2 amide bonds. The maximum atomic E-state index is 12.5. The monoisotopic (exact) mass is 356 g/mol. The van der Waals surface area contributed by atoms with Gasteiger partial charge in [0.2, 0.25) is 0 Å². The van der Waals surface area contributed by atoms with E-state index < -0.39 is 0 Å². The molecule has 1 aliphatic heterocycles. The zero-order valence-electron chi connectivity index (χ0n) is 15.1. The molecule has 0 radical (unpaired) electrons. The maximum absolute atomic E-state index is 12.5. The van der Waals surface area contributed by atoms with Crippen LogP contribution in [0.25, 0.3) is 0 Å². The van der Waals surface area contributed by atoms with Crippen LogP contribution >= 0.6 is 0 Å². The lowest BCUT2D eigenvalue weighted by Crippen LogP contribution is -2.26. The van der Waals surface area contributed by atoms with Crippen LogP contribution in [-0.2, 0) is 11.3 Å². The normalized spacial score (nSPS) is 16.5. The van der Waals surface area contributed by atoms with Crippen molar-refractivity contribution in [1.82, 2.24) is 14.7 Å². The molecule has 0 aliphatic carbocycles. The average molecular weight is 356 g/mol. The molecule has 0 saturated carbocycles. The highest BCUT2D eigenvalue weighted by Gasteiger charge is 2.17. The van der Waals surface area contributed by atoms with E-state index in [2.05, 4.69) is 10.4 Å². The minimum Gasteiger partial charge on any atom is -0.376 e. The van der Waals surface area contributed by atoms with Crippen LogP contribution in [0.2, 0.25) is 0 Å². The van der Waals surface area contributed by atoms with E-state index in [4.69, 9.17) is 4.74 Å². The maximum Gasteiger partial charge on any atom is 0.255 e. The molecule has 1 aromatic carbocycles. The quantitative estimate of drug-likeness (QED) is 0.862. The van der Waals surface area contributed by atoms with Gasteiger partial charge in [-0.2, -0.15) is 5.10 Å². The van der Waals surface area contributed by atoms with Gasteiger partial charge in [-0.3, -0.25) is 14.3 Å². The van der Waals surface area contributed by atoms with Gasteiger partial charge in [-0.1, -0.05) is 6.07 Å². The van der Waals surface area contributed by atoms with Crippen molar-refractivity contribution in [3.05, 3.63) is 47.8 Å². The molecule has 1 atom stereocenters. The molecule has 1 aliphatic rings. The molecule has 2 heterocycles. The number of hydrogen-bond acceptors (Lipinski definition) is 4. The van der Waals surface area contributed by atoms with Crippen molar-refractivity contribution < 1.29 is 14.3 Å². The number of amides is 2. The summed E-state index contributed by atoms with van der Waals surface area (Å²) in [5.74, 6) is -0.373. The highest BCUT2D eigenvalue weighted by Crippen LogP contribution is 2.16. The molecule has 0 bridgehead atoms. The van der Waals surface area contributed by atoms with Gasteiger partial charge in [0, 0.05) is 37.5 Å². The highest BCUT2D eigenvalue weighted by molar-refractivity contribution is 6.06. The number of nitrogens with zero attached hydrogens (tertiary/aromatic N) is 3. The molecular weight excluding hydrogens is 332 g/mol. The van der Waals surface area contributed by atoms with Crippen molar-refractivity contribution in [2.45, 2.75) is 32.4 Å². The smallest absolute Gasteiger partial charge is 0.255 e. The molecule has 7 nitrogen and oxygen atoms in total. The van der Waals surface area contributed by atoms with E-state index in [1.807, 2.05) is 6.92 Å². The van der Waals surface area contributed by atoms with Crippen LogP contribution in [-0.4, -0.2) is 52.8 Å². The number of aromatic nitrogens is 2. The third-order valence-corrected chi connectivity index (χ3v) is 4.50. The first kappa shape index (κ1) is 18.1. The summed E-state index contributed by atoms with van der Waals surface area (Å²) in [6, 6.07) is 6.73. The van der Waals surface area contributed by atoms with Gasteiger partial charge in [-0.25, -0.2) is 0 Å². The zero-order chi connectivity index (χ0) is 18.5. The van der Waals surface area contributed by atoms with E-state index in [9.17, 15) is 9.59 Å². The van der Waals surface area contributed by atoms with Crippen LogP contribution in [0.5, 0.6) is 0 Å². The third-order valence-electron chi connectivity index (χ3n) is 4.50. The summed E-state index contributed by atoms with van der Waals surface area (Å²) in [6.07, 6.45) is 5.72. The number of nitrogens with one attached hydrogen (secondary N) is 1. The van der Waals surface area contributed by atoms with Crippen molar-refractivity contribution in [3.63, 3.8) is 0 Å². The van der Waals surface area contributed by atoms with E-state index >= 15 is 0 Å². The number of ether oxygens (including phenoxy) is 1. The predicted molar refractivity (Wildman–Crippen MR) is 98.2 cm³/mol. The van der Waals surface area contributed by atoms with Crippen molar-refractivity contribution in [3.8, 4) is 0 Å². The van der Waals surface area contributed by atoms with Gasteiger partial charge in [0.15, 0.2) is 0 Å². The average Bonchev–Trinajstić information content (AvgIpc) is 3.33. The van der Waals surface area contributed by atoms with E-state index in [1.54, 1.807) is 53.3 Å². The Balaban J connectivity index is 1.64. The third kappa shape index (κ3) is 4.29. The van der Waals surface area contributed by atoms with Crippen molar-refractivity contribution in [1.29, 1.82) is 0 Å². The minimum atomic E-state index is -0.268. The van der Waals surface area contributed by atoms with E-state index in [0.717, 1.165) is 19.4 Å². The van der Waals surface area contributed by atoms with Crippen molar-refractivity contribution in [2.24, 2.45) is 0 Å². The van der Waals surface area contributed by atoms with Crippen LogP contribution in [0.3, 0.4) is 0 Å². The van der Waals surface area contributed by atoms with Gasteiger partial charge in [0.05, 0.1) is 24.5 Å². The Labute approximate surface area is 152 Å². The Morgan fingerprint density at radius 3 is 2.92 bits per heavy atom. The summed E-state index contributed by atoms with van der Waals surface area (Å²) in [6.45, 7) is 4.00. The summed E-state index contributed by atoms with van der Waals surface area (Å²) < 4.78 is 7.38. The molecule has 26 heavy (non-hydrogen) atoms. The molecule has 1 fully saturated rings. The van der Waals surface area contributed by atoms with Crippen LogP contribution in [0, 0.1) is 0 Å². The number of benzene rings is 1. The lowest BCUT2D eigenvalue weighted by Gasteiger charge is -2.14. The summed E-state index contributed by atoms with van der Waals surface area (Å²) in [7, 11) is 1.73. The molecule has 138 valence electrons. The predicted octanol–water partition coefficient (Wildman–Crippen LogP) is 2.41. The molecule has 1 unspecified atom stereocenters. The molecular formula is C19H24N4O3. The Kier molecular flexibility index (Phi) is 5.68. The van der Waals surface area contributed by atoms with E-state index in [-0.39, 0.29) is 17.9 Å². The standard InChI is InChI=1S/C19H24N4O3/c1-3-22(2)19(25)15-7-4-6-14(10-15)18(24)21-16-11-20-23(12-16)13-17-8-5-9-26-17/h4,6-7,10-12,17H,3,5,8-9,13H2,1-2H3,(H,21,24). The number of rotatable bonds is 6. The summed E-state index contributed by atoms with van der Waals surface area (Å²) in [4.78, 5) is 26.3. The van der Waals surface area contributed by atoms with Crippen molar-refractivity contribution in [2.75, 3.05) is 25.5 Å². The van der Waals surface area contributed by atoms with Gasteiger partial charge in [0.25, 0.3) is 11.8 Å². The van der Waals surface area contributed by atoms with E-state index in [1.165, 1.54) is 0 Å². The summed E-state index contributed by atoms with van der Waals surface area (Å²) >= 11 is 0. The van der Waals surface area contributed by atoms with Crippen LogP contribution in [0.4, 0.5) is 5.69 Å². The molecule has 2 aromatic rings. The number of carbonyl (C=O) groups excluding carboxylic acids is 2. The van der Waals surface area contributed by atoms with Gasteiger partial charge in [-0.15, -0.1) is 0 Å². The lowest BCUT2D eigenvalue weighted by molar-refractivity contribution is 0.0802. The van der Waals surface area contributed by atoms with Gasteiger partial charge >= 0.3 is 0 Å². The number of anilines is 1. The Morgan fingerprint density at radius 1 is 1.38 bits per heavy atom. The molecule has 3 rings (SSSR count). The second kappa shape index (κ2) is 8.14. The molecule has 7 heteroatoms. The Bertz CT molecular complexity index is 781. The van der Waals surface area contributed by atoms with Crippen molar-refractivity contribution >= 4 is 17.5 Å².